The first-order valence-electron chi connectivity index (χ1n) is 7.18. The zero-order valence-electron chi connectivity index (χ0n) is 12.8. The molecule has 22 heavy (non-hydrogen) atoms. The first-order valence-corrected chi connectivity index (χ1v) is 7.18. The number of hydrogen-bond donors (Lipinski definition) is 1. The number of anilines is 1. The molecule has 0 aromatic heterocycles. The quantitative estimate of drug-likeness (QED) is 0.922. The Morgan fingerprint density at radius 3 is 2.64 bits per heavy atom. The van der Waals surface area contributed by atoms with Crippen molar-refractivity contribution in [1.82, 2.24) is 5.32 Å². The SMILES string of the molecule is CC(CNC(=O)c1cccc(C#N)c1)N(C)c1ccccc1. The maximum Gasteiger partial charge on any atom is 0.251 e. The van der Waals surface area contributed by atoms with Crippen molar-refractivity contribution in [2.24, 2.45) is 0 Å². The molecule has 0 bridgehead atoms. The minimum atomic E-state index is -0.162. The van der Waals surface area contributed by atoms with Gasteiger partial charge in [-0.15, -0.1) is 0 Å². The Hall–Kier alpha value is -2.80. The van der Waals surface area contributed by atoms with Crippen LogP contribution in [-0.4, -0.2) is 25.5 Å². The molecule has 1 unspecified atom stereocenters. The molecule has 0 heterocycles. The summed E-state index contributed by atoms with van der Waals surface area (Å²) in [4.78, 5) is 14.3. The van der Waals surface area contributed by atoms with Gasteiger partial charge < -0.3 is 10.2 Å². The summed E-state index contributed by atoms with van der Waals surface area (Å²) < 4.78 is 0. The van der Waals surface area contributed by atoms with Gasteiger partial charge in [-0.25, -0.2) is 0 Å². The normalized spacial score (nSPS) is 11.3. The van der Waals surface area contributed by atoms with E-state index in [9.17, 15) is 4.79 Å². The highest BCUT2D eigenvalue weighted by molar-refractivity contribution is 5.94. The Balaban J connectivity index is 1.94. The standard InChI is InChI=1S/C18H19N3O/c1-14(21(2)17-9-4-3-5-10-17)13-20-18(22)16-8-6-7-15(11-16)12-19/h3-11,14H,13H2,1-2H3,(H,20,22). The number of amides is 1. The molecule has 2 aromatic carbocycles. The first-order chi connectivity index (χ1) is 10.6. The summed E-state index contributed by atoms with van der Waals surface area (Å²) in [5.41, 5.74) is 2.10. The minimum Gasteiger partial charge on any atom is -0.370 e. The molecule has 4 heteroatoms. The van der Waals surface area contributed by atoms with Gasteiger partial charge >= 0.3 is 0 Å². The van der Waals surface area contributed by atoms with Gasteiger partial charge in [0.15, 0.2) is 0 Å². The summed E-state index contributed by atoms with van der Waals surface area (Å²) in [6.07, 6.45) is 0. The molecule has 2 aromatic rings. The number of para-hydroxylation sites is 1. The molecule has 0 spiro atoms. The largest absolute Gasteiger partial charge is 0.370 e. The van der Waals surface area contributed by atoms with E-state index in [1.165, 1.54) is 0 Å². The summed E-state index contributed by atoms with van der Waals surface area (Å²) >= 11 is 0. The molecular weight excluding hydrogens is 274 g/mol. The fourth-order valence-corrected chi connectivity index (χ4v) is 2.13. The smallest absolute Gasteiger partial charge is 0.251 e. The topological polar surface area (TPSA) is 56.1 Å². The molecule has 0 radical (unpaired) electrons. The zero-order chi connectivity index (χ0) is 15.9. The second kappa shape index (κ2) is 7.28. The van der Waals surface area contributed by atoms with Crippen LogP contribution in [0.25, 0.3) is 0 Å². The lowest BCUT2D eigenvalue weighted by Crippen LogP contribution is -2.40. The molecule has 0 aliphatic carbocycles. The number of nitriles is 1. The number of hydrogen-bond acceptors (Lipinski definition) is 3. The third-order valence-corrected chi connectivity index (χ3v) is 3.64. The number of carbonyl (C=O) groups excluding carboxylic acids is 1. The molecule has 2 rings (SSSR count). The van der Waals surface area contributed by atoms with Gasteiger partial charge in [0, 0.05) is 30.9 Å². The molecule has 1 atom stereocenters. The maximum absolute atomic E-state index is 12.1. The van der Waals surface area contributed by atoms with Gasteiger partial charge in [0.05, 0.1) is 11.6 Å². The van der Waals surface area contributed by atoms with Gasteiger partial charge in [-0.1, -0.05) is 24.3 Å². The van der Waals surface area contributed by atoms with E-state index in [1.807, 2.05) is 43.4 Å². The van der Waals surface area contributed by atoms with Gasteiger partial charge in [0.1, 0.15) is 0 Å². The number of nitrogens with one attached hydrogen (secondary N) is 1. The van der Waals surface area contributed by atoms with Crippen molar-refractivity contribution in [1.29, 1.82) is 5.26 Å². The van der Waals surface area contributed by atoms with Gasteiger partial charge in [0.2, 0.25) is 0 Å². The van der Waals surface area contributed by atoms with Crippen molar-refractivity contribution < 1.29 is 4.79 Å². The predicted molar refractivity (Wildman–Crippen MR) is 87.8 cm³/mol. The minimum absolute atomic E-state index is 0.158. The second-order valence-electron chi connectivity index (χ2n) is 5.20. The molecule has 1 N–H and O–H groups in total. The van der Waals surface area contributed by atoms with Gasteiger partial charge in [-0.3, -0.25) is 4.79 Å². The second-order valence-corrected chi connectivity index (χ2v) is 5.20. The van der Waals surface area contributed by atoms with Crippen LogP contribution >= 0.6 is 0 Å². The third kappa shape index (κ3) is 3.86. The van der Waals surface area contributed by atoms with E-state index >= 15 is 0 Å². The molecule has 1 amide bonds. The lowest BCUT2D eigenvalue weighted by Gasteiger charge is -2.27. The van der Waals surface area contributed by atoms with Crippen molar-refractivity contribution in [2.75, 3.05) is 18.5 Å². The van der Waals surface area contributed by atoms with Crippen LogP contribution in [0.15, 0.2) is 54.6 Å². The fraction of sp³-hybridized carbons (Fsp3) is 0.222. The molecule has 0 fully saturated rings. The number of rotatable bonds is 5. The lowest BCUT2D eigenvalue weighted by molar-refractivity contribution is 0.0951. The van der Waals surface area contributed by atoms with Gasteiger partial charge in [-0.05, 0) is 37.3 Å². The average molecular weight is 293 g/mol. The highest BCUT2D eigenvalue weighted by Gasteiger charge is 2.12. The van der Waals surface area contributed by atoms with E-state index < -0.39 is 0 Å². The number of carbonyl (C=O) groups is 1. The summed E-state index contributed by atoms with van der Waals surface area (Å²) in [6.45, 7) is 2.58. The Bertz CT molecular complexity index is 676. The van der Waals surface area contributed by atoms with E-state index in [0.29, 0.717) is 17.7 Å². The van der Waals surface area contributed by atoms with Crippen LogP contribution in [0, 0.1) is 11.3 Å². The van der Waals surface area contributed by atoms with Crippen LogP contribution in [0.5, 0.6) is 0 Å². The van der Waals surface area contributed by atoms with Gasteiger partial charge in [-0.2, -0.15) is 5.26 Å². The van der Waals surface area contributed by atoms with E-state index in [1.54, 1.807) is 24.3 Å². The average Bonchev–Trinajstić information content (AvgIpc) is 2.59. The van der Waals surface area contributed by atoms with E-state index in [0.717, 1.165) is 5.69 Å². The molecular formula is C18H19N3O. The zero-order valence-corrected chi connectivity index (χ0v) is 12.8. The Morgan fingerprint density at radius 1 is 1.23 bits per heavy atom. The summed E-state index contributed by atoms with van der Waals surface area (Å²) in [7, 11) is 2.00. The Labute approximate surface area is 131 Å². The van der Waals surface area contributed by atoms with Gasteiger partial charge in [0.25, 0.3) is 5.91 Å². The van der Waals surface area contributed by atoms with Crippen molar-refractivity contribution in [3.05, 3.63) is 65.7 Å². The van der Waals surface area contributed by atoms with Crippen molar-refractivity contribution in [3.8, 4) is 6.07 Å². The highest BCUT2D eigenvalue weighted by Crippen LogP contribution is 2.13. The molecule has 0 saturated carbocycles. The number of nitrogens with zero attached hydrogens (tertiary/aromatic N) is 2. The van der Waals surface area contributed by atoms with Crippen LogP contribution in [-0.2, 0) is 0 Å². The first kappa shape index (κ1) is 15.6. The summed E-state index contributed by atoms with van der Waals surface area (Å²) in [5.74, 6) is -0.162. The van der Waals surface area contributed by atoms with E-state index in [-0.39, 0.29) is 11.9 Å². The van der Waals surface area contributed by atoms with Crippen molar-refractivity contribution in [2.45, 2.75) is 13.0 Å². The van der Waals surface area contributed by atoms with E-state index in [2.05, 4.69) is 17.1 Å². The predicted octanol–water partition coefficient (Wildman–Crippen LogP) is 2.81. The molecule has 0 aliphatic heterocycles. The van der Waals surface area contributed by atoms with Crippen LogP contribution < -0.4 is 10.2 Å². The Morgan fingerprint density at radius 2 is 1.95 bits per heavy atom. The van der Waals surface area contributed by atoms with E-state index in [4.69, 9.17) is 5.26 Å². The number of benzene rings is 2. The lowest BCUT2D eigenvalue weighted by atomic mass is 10.1. The van der Waals surface area contributed by atoms with Crippen molar-refractivity contribution in [3.63, 3.8) is 0 Å². The van der Waals surface area contributed by atoms with Crippen LogP contribution in [0.3, 0.4) is 0 Å². The fourth-order valence-electron chi connectivity index (χ4n) is 2.13. The summed E-state index contributed by atoms with van der Waals surface area (Å²) in [6, 6.07) is 18.9. The van der Waals surface area contributed by atoms with Crippen LogP contribution in [0.1, 0.15) is 22.8 Å². The molecule has 4 nitrogen and oxygen atoms in total. The number of likely N-dealkylation sites (N-methyl/N-ethyl adjacent to an activating group) is 1. The third-order valence-electron chi connectivity index (χ3n) is 3.64. The van der Waals surface area contributed by atoms with Crippen LogP contribution in [0.4, 0.5) is 5.69 Å². The van der Waals surface area contributed by atoms with Crippen molar-refractivity contribution >= 4 is 11.6 Å². The maximum atomic E-state index is 12.1. The van der Waals surface area contributed by atoms with Crippen LogP contribution in [0.2, 0.25) is 0 Å². The molecule has 112 valence electrons. The molecule has 0 saturated heterocycles. The highest BCUT2D eigenvalue weighted by atomic mass is 16.1. The molecule has 0 aliphatic rings. The Kier molecular flexibility index (Phi) is 5.16. The monoisotopic (exact) mass is 293 g/mol. The summed E-state index contributed by atoms with van der Waals surface area (Å²) in [5, 5.41) is 11.8.